The molecule has 0 aliphatic rings. The number of hydrogen-bond acceptors (Lipinski definition) is 3. The third-order valence-corrected chi connectivity index (χ3v) is 2.70. The second-order valence-electron chi connectivity index (χ2n) is 3.21. The Morgan fingerprint density at radius 3 is 2.88 bits per heavy atom. The topological polar surface area (TPSA) is 52.2 Å². The number of aldehydes is 1. The zero-order valence-corrected chi connectivity index (χ0v) is 9.81. The molecule has 0 atom stereocenters. The lowest BCUT2D eigenvalue weighted by atomic mass is 10.4. The van der Waals surface area contributed by atoms with E-state index in [4.69, 9.17) is 4.42 Å². The van der Waals surface area contributed by atoms with Gasteiger partial charge in [0.2, 0.25) is 0 Å². The summed E-state index contributed by atoms with van der Waals surface area (Å²) in [6.07, 6.45) is 2.30. The summed E-state index contributed by atoms with van der Waals surface area (Å²) < 4.78 is 7.18. The molecule has 4 nitrogen and oxygen atoms in total. The van der Waals surface area contributed by atoms with E-state index in [0.29, 0.717) is 23.1 Å². The molecule has 0 saturated heterocycles. The second kappa shape index (κ2) is 4.49. The van der Waals surface area contributed by atoms with Crippen molar-refractivity contribution in [1.29, 1.82) is 0 Å². The van der Waals surface area contributed by atoms with Crippen molar-refractivity contribution in [2.45, 2.75) is 6.54 Å². The van der Waals surface area contributed by atoms with Gasteiger partial charge in [0.15, 0.2) is 12.0 Å². The van der Waals surface area contributed by atoms with Crippen molar-refractivity contribution in [3.8, 4) is 0 Å². The highest BCUT2D eigenvalue weighted by Gasteiger charge is 2.04. The molecule has 0 N–H and O–H groups in total. The minimum absolute atomic E-state index is 0.133. The number of furan rings is 1. The van der Waals surface area contributed by atoms with Gasteiger partial charge in [-0.1, -0.05) is 0 Å². The molecule has 2 rings (SSSR count). The molecule has 0 aromatic carbocycles. The Kier molecular flexibility index (Phi) is 3.05. The molecule has 0 spiro atoms. The van der Waals surface area contributed by atoms with Gasteiger partial charge in [0.05, 0.1) is 11.0 Å². The number of nitrogens with zero attached hydrogens (tertiary/aromatic N) is 1. The fourth-order valence-corrected chi connectivity index (χ4v) is 1.72. The van der Waals surface area contributed by atoms with Crippen molar-refractivity contribution in [1.82, 2.24) is 4.57 Å². The largest absolute Gasteiger partial charge is 0.456 e. The van der Waals surface area contributed by atoms with Crippen LogP contribution >= 0.6 is 15.9 Å². The predicted molar refractivity (Wildman–Crippen MR) is 61.6 cm³/mol. The van der Waals surface area contributed by atoms with Crippen LogP contribution in [0.5, 0.6) is 0 Å². The van der Waals surface area contributed by atoms with Crippen LogP contribution in [-0.4, -0.2) is 10.9 Å². The molecule has 82 valence electrons. The van der Waals surface area contributed by atoms with Crippen LogP contribution in [0.4, 0.5) is 0 Å². The van der Waals surface area contributed by atoms with E-state index in [9.17, 15) is 9.59 Å². The lowest BCUT2D eigenvalue weighted by Crippen LogP contribution is -2.19. The van der Waals surface area contributed by atoms with Crippen LogP contribution in [0.2, 0.25) is 0 Å². The van der Waals surface area contributed by atoms with Gasteiger partial charge >= 0.3 is 0 Å². The molecule has 0 aliphatic heterocycles. The van der Waals surface area contributed by atoms with Crippen molar-refractivity contribution in [2.75, 3.05) is 0 Å². The number of rotatable bonds is 3. The van der Waals surface area contributed by atoms with E-state index in [2.05, 4.69) is 15.9 Å². The number of carbonyl (C=O) groups excluding carboxylic acids is 1. The van der Waals surface area contributed by atoms with Gasteiger partial charge in [0.1, 0.15) is 5.76 Å². The summed E-state index contributed by atoms with van der Waals surface area (Å²) in [5.74, 6) is 0.834. The first-order chi connectivity index (χ1) is 7.70. The van der Waals surface area contributed by atoms with E-state index in [1.54, 1.807) is 30.5 Å². The van der Waals surface area contributed by atoms with E-state index in [1.807, 2.05) is 0 Å². The van der Waals surface area contributed by atoms with Crippen molar-refractivity contribution in [3.63, 3.8) is 0 Å². The fraction of sp³-hybridized carbons (Fsp3) is 0.0909. The van der Waals surface area contributed by atoms with Crippen LogP contribution in [0.15, 0.2) is 44.1 Å². The van der Waals surface area contributed by atoms with E-state index in [1.165, 1.54) is 4.57 Å². The summed E-state index contributed by atoms with van der Waals surface area (Å²) in [4.78, 5) is 22.1. The fourth-order valence-electron chi connectivity index (χ4n) is 1.34. The van der Waals surface area contributed by atoms with Gasteiger partial charge in [-0.25, -0.2) is 0 Å². The Balaban J connectivity index is 2.30. The van der Waals surface area contributed by atoms with Crippen molar-refractivity contribution >= 4 is 22.2 Å². The lowest BCUT2D eigenvalue weighted by molar-refractivity contribution is 0.109. The van der Waals surface area contributed by atoms with Crippen molar-refractivity contribution in [3.05, 3.63) is 56.8 Å². The highest BCUT2D eigenvalue weighted by atomic mass is 79.9. The minimum atomic E-state index is -0.133. The van der Waals surface area contributed by atoms with Crippen LogP contribution < -0.4 is 5.56 Å². The van der Waals surface area contributed by atoms with Gasteiger partial charge in [0, 0.05) is 6.20 Å². The summed E-state index contributed by atoms with van der Waals surface area (Å²) >= 11 is 3.16. The average molecular weight is 282 g/mol. The first-order valence-corrected chi connectivity index (χ1v) is 5.39. The van der Waals surface area contributed by atoms with E-state index >= 15 is 0 Å². The summed E-state index contributed by atoms with van der Waals surface area (Å²) in [5.41, 5.74) is -0.133. The number of aromatic nitrogens is 1. The molecule has 2 heterocycles. The van der Waals surface area contributed by atoms with Gasteiger partial charge in [-0.2, -0.15) is 0 Å². The molecule has 0 bridgehead atoms. The van der Waals surface area contributed by atoms with Gasteiger partial charge in [-0.3, -0.25) is 9.59 Å². The van der Waals surface area contributed by atoms with Gasteiger partial charge in [-0.05, 0) is 40.2 Å². The number of pyridine rings is 1. The zero-order valence-electron chi connectivity index (χ0n) is 8.22. The highest BCUT2D eigenvalue weighted by molar-refractivity contribution is 9.10. The molecule has 0 saturated carbocycles. The van der Waals surface area contributed by atoms with Gasteiger partial charge < -0.3 is 8.98 Å². The monoisotopic (exact) mass is 281 g/mol. The number of halogens is 1. The molecule has 0 aliphatic carbocycles. The van der Waals surface area contributed by atoms with Crippen molar-refractivity contribution in [2.24, 2.45) is 0 Å². The Labute approximate surface area is 99.6 Å². The summed E-state index contributed by atoms with van der Waals surface area (Å²) in [6.45, 7) is 0.312. The predicted octanol–water partition coefficient (Wildman–Crippen LogP) is 2.06. The third kappa shape index (κ3) is 2.14. The maximum Gasteiger partial charge on any atom is 0.265 e. The molecule has 5 heteroatoms. The molecule has 2 aromatic heterocycles. The molecule has 0 fully saturated rings. The van der Waals surface area contributed by atoms with Crippen molar-refractivity contribution < 1.29 is 9.21 Å². The standard InChI is InChI=1S/C11H8BrNO3/c12-10-2-1-5-13(11(10)15)6-8-3-4-9(7-14)16-8/h1-5,7H,6H2. The Hall–Kier alpha value is -1.62. The van der Waals surface area contributed by atoms with E-state index in [0.717, 1.165) is 0 Å². The quantitative estimate of drug-likeness (QED) is 0.810. The second-order valence-corrected chi connectivity index (χ2v) is 4.07. The van der Waals surface area contributed by atoms with E-state index in [-0.39, 0.29) is 11.3 Å². The highest BCUT2D eigenvalue weighted by Crippen LogP contribution is 2.08. The molecular formula is C11H8BrNO3. The molecule has 16 heavy (non-hydrogen) atoms. The SMILES string of the molecule is O=Cc1ccc(Cn2cccc(Br)c2=O)o1. The summed E-state index contributed by atoms with van der Waals surface area (Å²) in [5, 5.41) is 0. The average Bonchev–Trinajstić information content (AvgIpc) is 2.73. The van der Waals surface area contributed by atoms with Crippen LogP contribution in [0, 0.1) is 0 Å². The third-order valence-electron chi connectivity index (χ3n) is 2.10. The molecule has 2 aromatic rings. The Morgan fingerprint density at radius 1 is 1.38 bits per heavy atom. The maximum atomic E-state index is 11.7. The Bertz CT molecular complexity index is 571. The molecule has 0 radical (unpaired) electrons. The maximum absolute atomic E-state index is 11.7. The van der Waals surface area contributed by atoms with Gasteiger partial charge in [0.25, 0.3) is 5.56 Å². The van der Waals surface area contributed by atoms with Gasteiger partial charge in [-0.15, -0.1) is 0 Å². The molecule has 0 unspecified atom stereocenters. The number of carbonyl (C=O) groups is 1. The lowest BCUT2D eigenvalue weighted by Gasteiger charge is -2.02. The Morgan fingerprint density at radius 2 is 2.19 bits per heavy atom. The zero-order chi connectivity index (χ0) is 11.5. The molecular weight excluding hydrogens is 274 g/mol. The van der Waals surface area contributed by atoms with Crippen LogP contribution in [0.3, 0.4) is 0 Å². The summed E-state index contributed by atoms with van der Waals surface area (Å²) in [7, 11) is 0. The van der Waals surface area contributed by atoms with Crippen LogP contribution in [-0.2, 0) is 6.54 Å². The van der Waals surface area contributed by atoms with Crippen LogP contribution in [0.25, 0.3) is 0 Å². The van der Waals surface area contributed by atoms with Crippen LogP contribution in [0.1, 0.15) is 16.3 Å². The summed E-state index contributed by atoms with van der Waals surface area (Å²) in [6, 6.07) is 6.69. The minimum Gasteiger partial charge on any atom is -0.456 e. The first kappa shape index (κ1) is 10.9. The number of hydrogen-bond donors (Lipinski definition) is 0. The molecule has 0 amide bonds. The smallest absolute Gasteiger partial charge is 0.265 e. The first-order valence-electron chi connectivity index (χ1n) is 4.59. The normalized spacial score (nSPS) is 10.3. The van der Waals surface area contributed by atoms with E-state index < -0.39 is 0 Å².